The summed E-state index contributed by atoms with van der Waals surface area (Å²) in [5, 5.41) is 19.5. The molecule has 36 heavy (non-hydrogen) atoms. The summed E-state index contributed by atoms with van der Waals surface area (Å²) in [7, 11) is 1.56. The summed E-state index contributed by atoms with van der Waals surface area (Å²) in [5.41, 5.74) is 8.44. The number of carboxylic acids is 1. The fraction of sp³-hybridized carbons (Fsp3) is 0.208. The van der Waals surface area contributed by atoms with Crippen molar-refractivity contribution in [1.29, 1.82) is 5.41 Å². The standard InChI is InChI=1S/C22H22N8O2.C2H4O2/c1-13-10-16(12-18(27-13)32-2)17(11-14-4-6-15(7-5-14)19(23)24)20-28-22(31)30(29-20)21-25-8-3-9-26-21;1-2(3)4/h3-10,12,17H,11H2,1-2H3,(H3,23,24)(H,28,29,31);1H3,(H,3,4). The highest BCUT2D eigenvalue weighted by atomic mass is 16.5. The third-order valence-corrected chi connectivity index (χ3v) is 4.98. The molecule has 4 aromatic rings. The number of aromatic nitrogens is 6. The van der Waals surface area contributed by atoms with Crippen molar-refractivity contribution < 1.29 is 14.6 Å². The second kappa shape index (κ2) is 11.5. The van der Waals surface area contributed by atoms with E-state index < -0.39 is 11.7 Å². The number of nitrogens with one attached hydrogen (secondary N) is 2. The summed E-state index contributed by atoms with van der Waals surface area (Å²) in [5.74, 6) is 0.00358. The Morgan fingerprint density at radius 1 is 1.22 bits per heavy atom. The van der Waals surface area contributed by atoms with E-state index in [0.29, 0.717) is 23.7 Å². The molecule has 3 heterocycles. The quantitative estimate of drug-likeness (QED) is 0.221. The number of aryl methyl sites for hydroxylation is 1. The summed E-state index contributed by atoms with van der Waals surface area (Å²) >= 11 is 0. The summed E-state index contributed by atoms with van der Waals surface area (Å²) in [6.45, 7) is 2.96. The molecule has 5 N–H and O–H groups in total. The Morgan fingerprint density at radius 3 is 2.44 bits per heavy atom. The minimum absolute atomic E-state index is 0.00790. The van der Waals surface area contributed by atoms with Gasteiger partial charge in [-0.15, -0.1) is 9.78 Å². The Labute approximate surface area is 206 Å². The highest BCUT2D eigenvalue weighted by Gasteiger charge is 2.23. The summed E-state index contributed by atoms with van der Waals surface area (Å²) in [4.78, 5) is 37.1. The van der Waals surface area contributed by atoms with E-state index in [4.69, 9.17) is 25.8 Å². The number of rotatable bonds is 7. The van der Waals surface area contributed by atoms with Crippen LogP contribution in [0.4, 0.5) is 0 Å². The average Bonchev–Trinajstić information content (AvgIpc) is 3.23. The molecule has 0 fully saturated rings. The van der Waals surface area contributed by atoms with Crippen LogP contribution in [0.25, 0.3) is 5.95 Å². The Kier molecular flexibility index (Phi) is 8.23. The number of H-pyrrole nitrogens is 1. The van der Waals surface area contributed by atoms with Gasteiger partial charge in [-0.05, 0) is 36.6 Å². The molecule has 3 aromatic heterocycles. The van der Waals surface area contributed by atoms with Gasteiger partial charge in [-0.2, -0.15) is 0 Å². The van der Waals surface area contributed by atoms with Gasteiger partial charge in [-0.25, -0.2) is 19.7 Å². The van der Waals surface area contributed by atoms with Crippen LogP contribution in [-0.4, -0.2) is 53.7 Å². The van der Waals surface area contributed by atoms with Crippen LogP contribution in [0.3, 0.4) is 0 Å². The number of aliphatic carboxylic acids is 1. The van der Waals surface area contributed by atoms with Gasteiger partial charge in [0.1, 0.15) is 11.7 Å². The third kappa shape index (κ3) is 6.59. The zero-order valence-corrected chi connectivity index (χ0v) is 20.0. The molecule has 4 rings (SSSR count). The number of methoxy groups -OCH3 is 1. The lowest BCUT2D eigenvalue weighted by atomic mass is 9.91. The lowest BCUT2D eigenvalue weighted by Crippen LogP contribution is -2.18. The number of nitrogens with zero attached hydrogens (tertiary/aromatic N) is 5. The lowest BCUT2D eigenvalue weighted by molar-refractivity contribution is -0.134. The number of nitrogen functional groups attached to an aromatic ring is 1. The van der Waals surface area contributed by atoms with E-state index in [2.05, 4.69) is 25.0 Å². The van der Waals surface area contributed by atoms with Gasteiger partial charge < -0.3 is 15.6 Å². The number of carboxylic acid groups (broad SMARTS) is 1. The fourth-order valence-electron chi connectivity index (χ4n) is 3.43. The van der Waals surface area contributed by atoms with Crippen molar-refractivity contribution in [3.63, 3.8) is 0 Å². The van der Waals surface area contributed by atoms with Crippen molar-refractivity contribution in [1.82, 2.24) is 29.7 Å². The van der Waals surface area contributed by atoms with Gasteiger partial charge in [0.15, 0.2) is 0 Å². The second-order valence-corrected chi connectivity index (χ2v) is 7.75. The number of hydrogen-bond donors (Lipinski definition) is 4. The van der Waals surface area contributed by atoms with Gasteiger partial charge in [0.25, 0.3) is 11.9 Å². The zero-order valence-electron chi connectivity index (χ0n) is 20.0. The molecular weight excluding hydrogens is 464 g/mol. The predicted molar refractivity (Wildman–Crippen MR) is 132 cm³/mol. The first-order valence-corrected chi connectivity index (χ1v) is 10.8. The molecule has 1 aromatic carbocycles. The molecule has 0 amide bonds. The molecule has 0 radical (unpaired) electrons. The van der Waals surface area contributed by atoms with Gasteiger partial charge in [-0.3, -0.25) is 15.2 Å². The number of nitrogens with two attached hydrogens (primary N) is 1. The van der Waals surface area contributed by atoms with E-state index in [1.165, 1.54) is 0 Å². The molecule has 0 aliphatic heterocycles. The molecule has 0 bridgehead atoms. The molecule has 0 aliphatic carbocycles. The van der Waals surface area contributed by atoms with Crippen LogP contribution in [0.1, 0.15) is 41.1 Å². The highest BCUT2D eigenvalue weighted by molar-refractivity contribution is 5.94. The van der Waals surface area contributed by atoms with Crippen LogP contribution in [0.5, 0.6) is 5.88 Å². The van der Waals surface area contributed by atoms with Crippen LogP contribution in [0, 0.1) is 12.3 Å². The van der Waals surface area contributed by atoms with Crippen molar-refractivity contribution in [3.05, 3.63) is 93.6 Å². The first-order valence-electron chi connectivity index (χ1n) is 10.8. The SMILES string of the molecule is CC(=O)O.COc1cc(C(Cc2ccc(C(=N)N)cc2)c2nn(-c3ncccn3)c(=O)[nH]2)cc(C)n1. The minimum Gasteiger partial charge on any atom is -0.481 e. The van der Waals surface area contributed by atoms with Crippen LogP contribution in [0.15, 0.2) is 59.7 Å². The van der Waals surface area contributed by atoms with Crippen molar-refractivity contribution in [3.8, 4) is 11.8 Å². The maximum Gasteiger partial charge on any atom is 0.350 e. The topological polar surface area (TPSA) is 186 Å². The fourth-order valence-corrected chi connectivity index (χ4v) is 3.43. The van der Waals surface area contributed by atoms with E-state index in [1.54, 1.807) is 37.7 Å². The van der Waals surface area contributed by atoms with Crippen LogP contribution in [0.2, 0.25) is 0 Å². The molecule has 0 spiro atoms. The zero-order chi connectivity index (χ0) is 26.2. The third-order valence-electron chi connectivity index (χ3n) is 4.98. The van der Waals surface area contributed by atoms with Crippen LogP contribution in [-0.2, 0) is 11.2 Å². The van der Waals surface area contributed by atoms with E-state index in [1.807, 2.05) is 31.2 Å². The Hall–Kier alpha value is -4.87. The van der Waals surface area contributed by atoms with E-state index in [9.17, 15) is 4.79 Å². The van der Waals surface area contributed by atoms with Crippen molar-refractivity contribution in [2.45, 2.75) is 26.2 Å². The van der Waals surface area contributed by atoms with Crippen molar-refractivity contribution in [2.75, 3.05) is 7.11 Å². The van der Waals surface area contributed by atoms with E-state index in [0.717, 1.165) is 28.4 Å². The van der Waals surface area contributed by atoms with Gasteiger partial charge in [0.2, 0.25) is 5.88 Å². The maximum absolute atomic E-state index is 12.6. The first kappa shape index (κ1) is 25.7. The van der Waals surface area contributed by atoms with Gasteiger partial charge in [0, 0.05) is 42.6 Å². The Morgan fingerprint density at radius 2 is 1.86 bits per heavy atom. The average molecular weight is 491 g/mol. The molecule has 0 aliphatic rings. The minimum atomic E-state index is -0.833. The second-order valence-electron chi connectivity index (χ2n) is 7.75. The van der Waals surface area contributed by atoms with Crippen LogP contribution < -0.4 is 16.2 Å². The lowest BCUT2D eigenvalue weighted by Gasteiger charge is -2.16. The normalized spacial score (nSPS) is 11.2. The number of benzene rings is 1. The molecule has 1 atom stereocenters. The van der Waals surface area contributed by atoms with E-state index in [-0.39, 0.29) is 17.7 Å². The van der Waals surface area contributed by atoms with Crippen molar-refractivity contribution >= 4 is 11.8 Å². The first-order chi connectivity index (χ1) is 17.2. The highest BCUT2D eigenvalue weighted by Crippen LogP contribution is 2.28. The molecular formula is C24H26N8O4. The number of hydrogen-bond acceptors (Lipinski definition) is 8. The Balaban J connectivity index is 0.000000840. The van der Waals surface area contributed by atoms with Crippen molar-refractivity contribution in [2.24, 2.45) is 5.73 Å². The Bertz CT molecular complexity index is 1390. The molecule has 0 saturated heterocycles. The number of carbonyl (C=O) groups is 1. The summed E-state index contributed by atoms with van der Waals surface area (Å²) in [6, 6.07) is 12.8. The van der Waals surface area contributed by atoms with Gasteiger partial charge in [-0.1, -0.05) is 24.3 Å². The molecule has 1 unspecified atom stereocenters. The van der Waals surface area contributed by atoms with Gasteiger partial charge in [0.05, 0.1) is 7.11 Å². The number of aromatic amines is 1. The largest absolute Gasteiger partial charge is 0.481 e. The van der Waals surface area contributed by atoms with Crippen LogP contribution >= 0.6 is 0 Å². The summed E-state index contributed by atoms with van der Waals surface area (Å²) < 4.78 is 6.49. The van der Waals surface area contributed by atoms with E-state index >= 15 is 0 Å². The number of amidine groups is 1. The van der Waals surface area contributed by atoms with Gasteiger partial charge >= 0.3 is 5.69 Å². The number of pyridine rings is 1. The molecule has 12 heteroatoms. The molecule has 12 nitrogen and oxygen atoms in total. The smallest absolute Gasteiger partial charge is 0.350 e. The monoisotopic (exact) mass is 490 g/mol. The maximum atomic E-state index is 12.6. The molecule has 186 valence electrons. The summed E-state index contributed by atoms with van der Waals surface area (Å²) in [6.07, 6.45) is 3.63. The number of ether oxygens (including phenoxy) is 1. The molecule has 0 saturated carbocycles. The predicted octanol–water partition coefficient (Wildman–Crippen LogP) is 1.81.